The van der Waals surface area contributed by atoms with Crippen molar-refractivity contribution in [2.24, 2.45) is 0 Å². The van der Waals surface area contributed by atoms with Gasteiger partial charge in [0.2, 0.25) is 0 Å². The van der Waals surface area contributed by atoms with E-state index < -0.39 is 9.85 Å². The van der Waals surface area contributed by atoms with Crippen molar-refractivity contribution in [1.82, 2.24) is 0 Å². The van der Waals surface area contributed by atoms with Crippen molar-refractivity contribution in [3.05, 3.63) is 92.5 Å². The third kappa shape index (κ3) is 4.24. The highest BCUT2D eigenvalue weighted by molar-refractivity contribution is 5.67. The number of hydrogen-bond acceptors (Lipinski definition) is 6. The van der Waals surface area contributed by atoms with Crippen molar-refractivity contribution in [3.63, 3.8) is 0 Å². The van der Waals surface area contributed by atoms with Gasteiger partial charge in [-0.2, -0.15) is 0 Å². The average Bonchev–Trinajstić information content (AvgIpc) is 2.72. The summed E-state index contributed by atoms with van der Waals surface area (Å²) in [5.74, 6) is 1.10. The zero-order valence-electron chi connectivity index (χ0n) is 14.9. The lowest BCUT2D eigenvalue weighted by molar-refractivity contribution is -0.385. The fourth-order valence-electron chi connectivity index (χ4n) is 2.67. The van der Waals surface area contributed by atoms with Crippen LogP contribution in [0.4, 0.5) is 11.4 Å². The molecule has 0 saturated carbocycles. The summed E-state index contributed by atoms with van der Waals surface area (Å²) in [4.78, 5) is 21.1. The quantitative estimate of drug-likeness (QED) is 0.432. The molecule has 0 radical (unpaired) electrons. The minimum absolute atomic E-state index is 0.0435. The minimum atomic E-state index is -0.507. The first-order chi connectivity index (χ1) is 13.5. The number of hydrogen-bond donors (Lipinski definition) is 0. The monoisotopic (exact) mass is 380 g/mol. The van der Waals surface area contributed by atoms with Crippen molar-refractivity contribution in [3.8, 4) is 22.6 Å². The molecule has 0 spiro atoms. The van der Waals surface area contributed by atoms with Crippen molar-refractivity contribution in [1.29, 1.82) is 0 Å². The molecule has 0 saturated heterocycles. The van der Waals surface area contributed by atoms with Gasteiger partial charge in [0, 0.05) is 18.2 Å². The first kappa shape index (κ1) is 18.8. The fourth-order valence-corrected chi connectivity index (χ4v) is 2.67. The molecule has 0 aliphatic rings. The third-order valence-electron chi connectivity index (χ3n) is 4.14. The molecule has 8 nitrogen and oxygen atoms in total. The molecule has 0 N–H and O–H groups in total. The van der Waals surface area contributed by atoms with Crippen LogP contribution < -0.4 is 9.47 Å². The summed E-state index contributed by atoms with van der Waals surface area (Å²) in [6.45, 7) is -0.0435. The number of methoxy groups -OCH3 is 1. The Morgan fingerprint density at radius 1 is 0.786 bits per heavy atom. The van der Waals surface area contributed by atoms with E-state index >= 15 is 0 Å². The lowest BCUT2D eigenvalue weighted by Gasteiger charge is -2.09. The summed E-state index contributed by atoms with van der Waals surface area (Å²) in [5, 5.41) is 22.0. The Kier molecular flexibility index (Phi) is 5.50. The molecular formula is C20H16N2O6. The largest absolute Gasteiger partial charge is 0.497 e. The Morgan fingerprint density at radius 3 is 1.96 bits per heavy atom. The average molecular weight is 380 g/mol. The summed E-state index contributed by atoms with van der Waals surface area (Å²) in [5.41, 5.74) is 1.97. The summed E-state index contributed by atoms with van der Waals surface area (Å²) < 4.78 is 10.7. The predicted molar refractivity (Wildman–Crippen MR) is 103 cm³/mol. The van der Waals surface area contributed by atoms with Crippen LogP contribution in [-0.2, 0) is 6.61 Å². The zero-order chi connectivity index (χ0) is 20.1. The van der Waals surface area contributed by atoms with Gasteiger partial charge in [0.1, 0.15) is 18.1 Å². The molecular weight excluding hydrogens is 364 g/mol. The maximum Gasteiger partial charge on any atom is 0.276 e. The van der Waals surface area contributed by atoms with Crippen LogP contribution in [-0.4, -0.2) is 17.0 Å². The zero-order valence-corrected chi connectivity index (χ0v) is 14.9. The Bertz CT molecular complexity index is 1000. The summed E-state index contributed by atoms with van der Waals surface area (Å²) in [6.07, 6.45) is 0. The van der Waals surface area contributed by atoms with Crippen molar-refractivity contribution in [2.45, 2.75) is 6.61 Å². The van der Waals surface area contributed by atoms with Gasteiger partial charge >= 0.3 is 0 Å². The van der Waals surface area contributed by atoms with Crippen LogP contribution in [0.15, 0.2) is 66.7 Å². The van der Waals surface area contributed by atoms with Crippen LogP contribution in [0.5, 0.6) is 11.5 Å². The van der Waals surface area contributed by atoms with Crippen LogP contribution in [0.2, 0.25) is 0 Å². The van der Waals surface area contributed by atoms with E-state index in [1.807, 2.05) is 24.3 Å². The van der Waals surface area contributed by atoms with Gasteiger partial charge in [-0.3, -0.25) is 20.2 Å². The van der Waals surface area contributed by atoms with Crippen molar-refractivity contribution in [2.75, 3.05) is 7.11 Å². The molecule has 0 aromatic heterocycles. The molecule has 0 bridgehead atoms. The molecule has 8 heteroatoms. The van der Waals surface area contributed by atoms with Gasteiger partial charge in [0.05, 0.1) is 22.5 Å². The van der Waals surface area contributed by atoms with E-state index in [1.165, 1.54) is 30.3 Å². The number of benzene rings is 3. The number of nitrogens with zero attached hydrogens (tertiary/aromatic N) is 2. The molecule has 142 valence electrons. The maximum absolute atomic E-state index is 11.3. The molecule has 28 heavy (non-hydrogen) atoms. The second-order valence-corrected chi connectivity index (χ2v) is 5.87. The first-order valence-corrected chi connectivity index (χ1v) is 8.27. The SMILES string of the molecule is COc1ccc(-c2ccc([N+](=O)[O-])c(COc3ccc([N+](=O)[O-])cc3)c2)cc1. The van der Waals surface area contributed by atoms with Gasteiger partial charge in [-0.1, -0.05) is 12.1 Å². The number of non-ortho nitro benzene ring substituents is 1. The molecule has 3 aromatic rings. The number of ether oxygens (including phenoxy) is 2. The maximum atomic E-state index is 11.3. The van der Waals surface area contributed by atoms with E-state index in [2.05, 4.69) is 0 Å². The lowest BCUT2D eigenvalue weighted by atomic mass is 10.0. The molecule has 0 heterocycles. The fraction of sp³-hybridized carbons (Fsp3) is 0.100. The topological polar surface area (TPSA) is 105 Å². The number of rotatable bonds is 7. The third-order valence-corrected chi connectivity index (χ3v) is 4.14. The smallest absolute Gasteiger partial charge is 0.276 e. The standard InChI is InChI=1S/C20H16N2O6/c1-27-18-7-2-14(3-8-18)15-4-11-20(22(25)26)16(12-15)13-28-19-9-5-17(6-10-19)21(23)24/h2-12H,13H2,1H3. The number of nitro groups is 2. The van der Waals surface area contributed by atoms with Gasteiger partial charge in [-0.05, 0) is 47.5 Å². The van der Waals surface area contributed by atoms with Gasteiger partial charge < -0.3 is 9.47 Å². The van der Waals surface area contributed by atoms with E-state index in [9.17, 15) is 20.2 Å². The molecule has 0 atom stereocenters. The Hall–Kier alpha value is -3.94. The normalized spacial score (nSPS) is 10.3. The van der Waals surface area contributed by atoms with E-state index in [0.717, 1.165) is 11.1 Å². The number of nitro benzene ring substituents is 2. The first-order valence-electron chi connectivity index (χ1n) is 8.27. The van der Waals surface area contributed by atoms with E-state index in [4.69, 9.17) is 9.47 Å². The highest BCUT2D eigenvalue weighted by atomic mass is 16.6. The molecule has 0 aliphatic heterocycles. The highest BCUT2D eigenvalue weighted by Gasteiger charge is 2.16. The van der Waals surface area contributed by atoms with Crippen LogP contribution >= 0.6 is 0 Å². The second kappa shape index (κ2) is 8.17. The Balaban J connectivity index is 1.85. The molecule has 0 unspecified atom stereocenters. The molecule has 3 aromatic carbocycles. The van der Waals surface area contributed by atoms with Crippen LogP contribution in [0, 0.1) is 20.2 Å². The summed E-state index contributed by atoms with van der Waals surface area (Å²) in [7, 11) is 1.58. The summed E-state index contributed by atoms with van der Waals surface area (Å²) in [6, 6.07) is 17.7. The van der Waals surface area contributed by atoms with Gasteiger partial charge in [0.25, 0.3) is 11.4 Å². The molecule has 3 rings (SSSR count). The minimum Gasteiger partial charge on any atom is -0.497 e. The molecule has 0 aliphatic carbocycles. The van der Waals surface area contributed by atoms with Crippen LogP contribution in [0.25, 0.3) is 11.1 Å². The van der Waals surface area contributed by atoms with E-state index in [-0.39, 0.29) is 18.0 Å². The van der Waals surface area contributed by atoms with Gasteiger partial charge in [-0.15, -0.1) is 0 Å². The van der Waals surface area contributed by atoms with E-state index in [0.29, 0.717) is 17.1 Å². The second-order valence-electron chi connectivity index (χ2n) is 5.87. The van der Waals surface area contributed by atoms with Crippen LogP contribution in [0.1, 0.15) is 5.56 Å². The van der Waals surface area contributed by atoms with Crippen LogP contribution in [0.3, 0.4) is 0 Å². The Morgan fingerprint density at radius 2 is 1.39 bits per heavy atom. The van der Waals surface area contributed by atoms with Crippen molar-refractivity contribution >= 4 is 11.4 Å². The molecule has 0 amide bonds. The summed E-state index contributed by atoms with van der Waals surface area (Å²) >= 11 is 0. The lowest BCUT2D eigenvalue weighted by Crippen LogP contribution is -2.01. The van der Waals surface area contributed by atoms with Gasteiger partial charge in [0.15, 0.2) is 0 Å². The Labute approximate surface area is 160 Å². The highest BCUT2D eigenvalue weighted by Crippen LogP contribution is 2.29. The van der Waals surface area contributed by atoms with Gasteiger partial charge in [-0.25, -0.2) is 0 Å². The molecule has 0 fully saturated rings. The predicted octanol–water partition coefficient (Wildman–Crippen LogP) is 4.76. The van der Waals surface area contributed by atoms with E-state index in [1.54, 1.807) is 19.2 Å². The van der Waals surface area contributed by atoms with Crippen molar-refractivity contribution < 1.29 is 19.3 Å².